The van der Waals surface area contributed by atoms with Crippen LogP contribution in [0, 0.1) is 0 Å². The summed E-state index contributed by atoms with van der Waals surface area (Å²) in [6, 6.07) is 8.62. The number of thiazole rings is 1. The van der Waals surface area contributed by atoms with Crippen molar-refractivity contribution in [3.8, 4) is 22.0 Å². The van der Waals surface area contributed by atoms with Crippen LogP contribution in [0.3, 0.4) is 0 Å². The molecule has 20 heavy (non-hydrogen) atoms. The van der Waals surface area contributed by atoms with E-state index in [0.29, 0.717) is 22.0 Å². The second-order valence-electron chi connectivity index (χ2n) is 4.09. The van der Waals surface area contributed by atoms with Gasteiger partial charge >= 0.3 is 6.18 Å². The zero-order valence-corrected chi connectivity index (χ0v) is 10.8. The highest BCUT2D eigenvalue weighted by Crippen LogP contribution is 2.33. The van der Waals surface area contributed by atoms with Crippen LogP contribution < -0.4 is 0 Å². The van der Waals surface area contributed by atoms with Crippen LogP contribution >= 0.6 is 11.3 Å². The van der Waals surface area contributed by atoms with Crippen LogP contribution in [0.25, 0.3) is 22.0 Å². The number of hydrogen-bond acceptors (Lipinski definition) is 3. The average molecular weight is 295 g/mol. The summed E-state index contributed by atoms with van der Waals surface area (Å²) in [6.07, 6.45) is -2.82. The van der Waals surface area contributed by atoms with E-state index in [-0.39, 0.29) is 0 Å². The normalized spacial score (nSPS) is 11.8. The van der Waals surface area contributed by atoms with E-state index in [0.717, 1.165) is 12.1 Å². The van der Waals surface area contributed by atoms with Crippen LogP contribution in [0.2, 0.25) is 0 Å². The molecule has 6 heteroatoms. The molecule has 0 aliphatic rings. The van der Waals surface area contributed by atoms with E-state index in [1.54, 1.807) is 23.6 Å². The molecule has 0 N–H and O–H groups in total. The third-order valence-electron chi connectivity index (χ3n) is 2.72. The van der Waals surface area contributed by atoms with Gasteiger partial charge in [-0.3, -0.25) is 0 Å². The number of halogens is 3. The molecule has 0 radical (unpaired) electrons. The van der Waals surface area contributed by atoms with Gasteiger partial charge in [0, 0.05) is 10.9 Å². The van der Waals surface area contributed by atoms with Gasteiger partial charge in [0.05, 0.1) is 17.5 Å². The van der Waals surface area contributed by atoms with Gasteiger partial charge in [0.1, 0.15) is 0 Å². The van der Waals surface area contributed by atoms with Crippen LogP contribution in [0.5, 0.6) is 0 Å². The molecule has 0 fully saturated rings. The van der Waals surface area contributed by atoms with Crippen molar-refractivity contribution in [3.63, 3.8) is 0 Å². The Hall–Kier alpha value is -2.08. The van der Waals surface area contributed by atoms with E-state index in [1.807, 2.05) is 0 Å². The van der Waals surface area contributed by atoms with Crippen molar-refractivity contribution in [2.75, 3.05) is 0 Å². The first kappa shape index (κ1) is 12.9. The summed E-state index contributed by atoms with van der Waals surface area (Å²) in [7, 11) is 0. The molecule has 0 unspecified atom stereocenters. The highest BCUT2D eigenvalue weighted by molar-refractivity contribution is 7.13. The Morgan fingerprint density at radius 3 is 2.65 bits per heavy atom. The number of hydrogen-bond donors (Lipinski definition) is 0. The van der Waals surface area contributed by atoms with E-state index < -0.39 is 11.7 Å². The fourth-order valence-electron chi connectivity index (χ4n) is 1.77. The summed E-state index contributed by atoms with van der Waals surface area (Å²) in [6.45, 7) is 0. The van der Waals surface area contributed by atoms with Crippen molar-refractivity contribution in [2.24, 2.45) is 0 Å². The standard InChI is InChI=1S/C14H8F3NOS/c15-14(16,17)10-4-1-3-9(7-10)11-8-20-13(18-11)12-5-2-6-19-12/h1-8H. The first-order valence-corrected chi connectivity index (χ1v) is 6.59. The lowest BCUT2D eigenvalue weighted by molar-refractivity contribution is -0.137. The van der Waals surface area contributed by atoms with Crippen LogP contribution in [-0.4, -0.2) is 4.98 Å². The molecule has 0 saturated carbocycles. The molecule has 2 aromatic heterocycles. The molecule has 0 bridgehead atoms. The van der Waals surface area contributed by atoms with Gasteiger partial charge in [0.2, 0.25) is 0 Å². The van der Waals surface area contributed by atoms with E-state index in [1.165, 1.54) is 23.7 Å². The minimum atomic E-state index is -4.35. The molecule has 3 rings (SSSR count). The minimum absolute atomic E-state index is 0.439. The first-order chi connectivity index (χ1) is 9.54. The lowest BCUT2D eigenvalue weighted by Crippen LogP contribution is -2.04. The zero-order chi connectivity index (χ0) is 14.2. The molecule has 0 aliphatic heterocycles. The third-order valence-corrected chi connectivity index (χ3v) is 3.58. The van der Waals surface area contributed by atoms with Gasteiger partial charge in [-0.2, -0.15) is 13.2 Å². The van der Waals surface area contributed by atoms with E-state index in [2.05, 4.69) is 4.98 Å². The Kier molecular flexibility index (Phi) is 3.10. The molecular weight excluding hydrogens is 287 g/mol. The molecule has 3 aromatic rings. The maximum atomic E-state index is 12.7. The van der Waals surface area contributed by atoms with Gasteiger partial charge < -0.3 is 4.42 Å². The van der Waals surface area contributed by atoms with Gasteiger partial charge in [0.25, 0.3) is 0 Å². The van der Waals surface area contributed by atoms with Crippen LogP contribution in [0.4, 0.5) is 13.2 Å². The van der Waals surface area contributed by atoms with Crippen LogP contribution in [0.1, 0.15) is 5.56 Å². The lowest BCUT2D eigenvalue weighted by Gasteiger charge is -2.07. The third kappa shape index (κ3) is 2.46. The Morgan fingerprint density at radius 2 is 1.95 bits per heavy atom. The van der Waals surface area contributed by atoms with Gasteiger partial charge in [-0.25, -0.2) is 4.98 Å². The lowest BCUT2D eigenvalue weighted by atomic mass is 10.1. The Labute approximate surface area is 116 Å². The minimum Gasteiger partial charge on any atom is -0.462 e. The number of aromatic nitrogens is 1. The number of benzene rings is 1. The van der Waals surface area contributed by atoms with Gasteiger partial charge in [-0.1, -0.05) is 12.1 Å². The number of furan rings is 1. The Balaban J connectivity index is 1.98. The highest BCUT2D eigenvalue weighted by Gasteiger charge is 2.30. The van der Waals surface area contributed by atoms with Gasteiger partial charge in [-0.15, -0.1) is 11.3 Å². The fourth-order valence-corrected chi connectivity index (χ4v) is 2.57. The molecule has 0 aliphatic carbocycles. The fraction of sp³-hybridized carbons (Fsp3) is 0.0714. The summed E-state index contributed by atoms with van der Waals surface area (Å²) in [5.74, 6) is 0.605. The monoisotopic (exact) mass is 295 g/mol. The predicted octanol–water partition coefficient (Wildman–Crippen LogP) is 5.09. The quantitative estimate of drug-likeness (QED) is 0.658. The van der Waals surface area contributed by atoms with Crippen LogP contribution in [0.15, 0.2) is 52.5 Å². The number of rotatable bonds is 2. The molecule has 2 heterocycles. The van der Waals surface area contributed by atoms with E-state index in [9.17, 15) is 13.2 Å². The SMILES string of the molecule is FC(F)(F)c1cccc(-c2csc(-c3ccco3)n2)c1. The first-order valence-electron chi connectivity index (χ1n) is 5.71. The number of nitrogens with zero attached hydrogens (tertiary/aromatic N) is 1. The van der Waals surface area contributed by atoms with E-state index in [4.69, 9.17) is 4.42 Å². The zero-order valence-electron chi connectivity index (χ0n) is 10.0. The Morgan fingerprint density at radius 1 is 1.10 bits per heavy atom. The second-order valence-corrected chi connectivity index (χ2v) is 4.95. The average Bonchev–Trinajstić information content (AvgIpc) is 3.09. The molecule has 0 saturated heterocycles. The van der Waals surface area contributed by atoms with Crippen molar-refractivity contribution < 1.29 is 17.6 Å². The molecule has 0 amide bonds. The largest absolute Gasteiger partial charge is 0.462 e. The topological polar surface area (TPSA) is 26.0 Å². The summed E-state index contributed by atoms with van der Waals surface area (Å²) in [5.41, 5.74) is 0.268. The highest BCUT2D eigenvalue weighted by atomic mass is 32.1. The molecule has 1 aromatic carbocycles. The molecular formula is C14H8F3NOS. The van der Waals surface area contributed by atoms with Gasteiger partial charge in [0.15, 0.2) is 10.8 Å². The predicted molar refractivity (Wildman–Crippen MR) is 70.3 cm³/mol. The molecule has 2 nitrogen and oxygen atoms in total. The molecule has 0 atom stereocenters. The van der Waals surface area contributed by atoms with Crippen molar-refractivity contribution in [3.05, 3.63) is 53.6 Å². The molecule has 0 spiro atoms. The summed E-state index contributed by atoms with van der Waals surface area (Å²) < 4.78 is 43.3. The second kappa shape index (κ2) is 4.79. The maximum Gasteiger partial charge on any atom is 0.416 e. The van der Waals surface area contributed by atoms with Gasteiger partial charge in [-0.05, 0) is 24.3 Å². The smallest absolute Gasteiger partial charge is 0.416 e. The van der Waals surface area contributed by atoms with Crippen LogP contribution in [-0.2, 0) is 6.18 Å². The van der Waals surface area contributed by atoms with Crippen molar-refractivity contribution in [1.29, 1.82) is 0 Å². The maximum absolute atomic E-state index is 12.7. The van der Waals surface area contributed by atoms with E-state index >= 15 is 0 Å². The summed E-state index contributed by atoms with van der Waals surface area (Å²) in [4.78, 5) is 4.30. The Bertz CT molecular complexity index is 716. The van der Waals surface area contributed by atoms with Crippen molar-refractivity contribution >= 4 is 11.3 Å². The summed E-state index contributed by atoms with van der Waals surface area (Å²) >= 11 is 1.33. The molecule has 102 valence electrons. The van der Waals surface area contributed by atoms with Crippen molar-refractivity contribution in [2.45, 2.75) is 6.18 Å². The summed E-state index contributed by atoms with van der Waals surface area (Å²) in [5, 5.41) is 2.36. The number of alkyl halides is 3. The van der Waals surface area contributed by atoms with Crippen molar-refractivity contribution in [1.82, 2.24) is 4.98 Å².